The zero-order valence-electron chi connectivity index (χ0n) is 17.7. The largest absolute Gasteiger partial charge is 0.497 e. The average Bonchev–Trinajstić information content (AvgIpc) is 3.47. The standard InChI is InChI=1S/C23H26N2O4S2/c1-27-16-8-10-18(11-9-16)30-14-12-21(26)25(15-17-5-4-13-29-17)23-24-22-19(28-2)6-3-7-20(22)31-23/h3,6-11,17H,4-5,12-15H2,1-2H3. The Kier molecular flexibility index (Phi) is 7.32. The number of thiazole rings is 1. The van der Waals surface area contributed by atoms with Gasteiger partial charge in [0.05, 0.1) is 31.6 Å². The summed E-state index contributed by atoms with van der Waals surface area (Å²) < 4.78 is 17.5. The van der Waals surface area contributed by atoms with E-state index in [0.717, 1.165) is 46.1 Å². The first-order valence-corrected chi connectivity index (χ1v) is 12.1. The average molecular weight is 459 g/mol. The van der Waals surface area contributed by atoms with Gasteiger partial charge in [0.1, 0.15) is 17.0 Å². The lowest BCUT2D eigenvalue weighted by Crippen LogP contribution is -2.37. The Morgan fingerprint density at radius 3 is 2.77 bits per heavy atom. The Morgan fingerprint density at radius 1 is 1.23 bits per heavy atom. The number of anilines is 1. The first-order valence-electron chi connectivity index (χ1n) is 10.3. The molecule has 2 heterocycles. The van der Waals surface area contributed by atoms with Crippen molar-refractivity contribution in [3.05, 3.63) is 42.5 Å². The van der Waals surface area contributed by atoms with Crippen molar-refractivity contribution < 1.29 is 19.0 Å². The van der Waals surface area contributed by atoms with Crippen LogP contribution < -0.4 is 14.4 Å². The van der Waals surface area contributed by atoms with Gasteiger partial charge < -0.3 is 14.2 Å². The van der Waals surface area contributed by atoms with Crippen LogP contribution in [0.1, 0.15) is 19.3 Å². The second-order valence-corrected chi connectivity index (χ2v) is 9.39. The van der Waals surface area contributed by atoms with Gasteiger partial charge in [0.2, 0.25) is 5.91 Å². The van der Waals surface area contributed by atoms with E-state index in [1.165, 1.54) is 11.3 Å². The van der Waals surface area contributed by atoms with Gasteiger partial charge in [0.15, 0.2) is 5.13 Å². The van der Waals surface area contributed by atoms with E-state index >= 15 is 0 Å². The van der Waals surface area contributed by atoms with Crippen LogP contribution in [0.4, 0.5) is 5.13 Å². The number of rotatable bonds is 9. The third-order valence-electron chi connectivity index (χ3n) is 5.18. The second kappa shape index (κ2) is 10.3. The van der Waals surface area contributed by atoms with Crippen molar-refractivity contribution in [3.63, 3.8) is 0 Å². The third kappa shape index (κ3) is 5.31. The Labute approximate surface area is 190 Å². The molecule has 1 aliphatic heterocycles. The number of carbonyl (C=O) groups excluding carboxylic acids is 1. The summed E-state index contributed by atoms with van der Waals surface area (Å²) in [6, 6.07) is 13.7. The normalized spacial score (nSPS) is 15.9. The van der Waals surface area contributed by atoms with Gasteiger partial charge in [-0.1, -0.05) is 17.4 Å². The lowest BCUT2D eigenvalue weighted by atomic mass is 10.2. The number of carbonyl (C=O) groups is 1. The van der Waals surface area contributed by atoms with Crippen LogP contribution in [0.15, 0.2) is 47.4 Å². The third-order valence-corrected chi connectivity index (χ3v) is 7.23. The monoisotopic (exact) mass is 458 g/mol. The molecule has 8 heteroatoms. The van der Waals surface area contributed by atoms with Crippen LogP contribution in [0.25, 0.3) is 10.2 Å². The van der Waals surface area contributed by atoms with Crippen LogP contribution in [-0.4, -0.2) is 50.1 Å². The molecule has 1 saturated heterocycles. The van der Waals surface area contributed by atoms with E-state index in [4.69, 9.17) is 19.2 Å². The van der Waals surface area contributed by atoms with Crippen LogP contribution in [0, 0.1) is 0 Å². The van der Waals surface area contributed by atoms with Gasteiger partial charge >= 0.3 is 0 Å². The van der Waals surface area contributed by atoms with Crippen molar-refractivity contribution in [1.29, 1.82) is 0 Å². The van der Waals surface area contributed by atoms with Crippen LogP contribution >= 0.6 is 23.1 Å². The number of nitrogens with zero attached hydrogens (tertiary/aromatic N) is 2. The van der Waals surface area contributed by atoms with E-state index in [1.54, 1.807) is 30.9 Å². The zero-order chi connectivity index (χ0) is 21.6. The fourth-order valence-electron chi connectivity index (χ4n) is 3.53. The molecule has 0 radical (unpaired) electrons. The van der Waals surface area contributed by atoms with Gasteiger partial charge in [-0.25, -0.2) is 4.98 Å². The number of amides is 1. The minimum Gasteiger partial charge on any atom is -0.497 e. The molecule has 3 aromatic rings. The maximum atomic E-state index is 13.2. The van der Waals surface area contributed by atoms with Crippen molar-refractivity contribution in [2.45, 2.75) is 30.3 Å². The Balaban J connectivity index is 1.48. The molecular formula is C23H26N2O4S2. The lowest BCUT2D eigenvalue weighted by Gasteiger charge is -2.23. The SMILES string of the molecule is COc1ccc(SCCC(=O)N(CC2CCCO2)c2nc3c(OC)cccc3s2)cc1. The summed E-state index contributed by atoms with van der Waals surface area (Å²) in [6.07, 6.45) is 2.50. The van der Waals surface area contributed by atoms with Crippen molar-refractivity contribution in [2.75, 3.05) is 38.0 Å². The molecule has 1 unspecified atom stereocenters. The quantitative estimate of drug-likeness (QED) is 0.420. The second-order valence-electron chi connectivity index (χ2n) is 7.22. The van der Waals surface area contributed by atoms with Gasteiger partial charge in [0.25, 0.3) is 0 Å². The van der Waals surface area contributed by atoms with E-state index in [1.807, 2.05) is 42.5 Å². The van der Waals surface area contributed by atoms with Crippen molar-refractivity contribution in [2.24, 2.45) is 0 Å². The van der Waals surface area contributed by atoms with Crippen molar-refractivity contribution in [3.8, 4) is 11.5 Å². The zero-order valence-corrected chi connectivity index (χ0v) is 19.3. The Morgan fingerprint density at radius 2 is 2.06 bits per heavy atom. The molecule has 0 N–H and O–H groups in total. The molecule has 164 valence electrons. The highest BCUT2D eigenvalue weighted by Gasteiger charge is 2.26. The summed E-state index contributed by atoms with van der Waals surface area (Å²) in [5.74, 6) is 2.31. The van der Waals surface area contributed by atoms with Crippen LogP contribution in [0.5, 0.6) is 11.5 Å². The summed E-state index contributed by atoms with van der Waals surface area (Å²) >= 11 is 3.18. The number of para-hydroxylation sites is 1. The Bertz CT molecular complexity index is 1020. The number of methoxy groups -OCH3 is 2. The molecule has 6 nitrogen and oxygen atoms in total. The Hall–Kier alpha value is -2.29. The minimum absolute atomic E-state index is 0.0621. The van der Waals surface area contributed by atoms with E-state index < -0.39 is 0 Å². The summed E-state index contributed by atoms with van der Waals surface area (Å²) in [5.41, 5.74) is 0.794. The lowest BCUT2D eigenvalue weighted by molar-refractivity contribution is -0.118. The van der Waals surface area contributed by atoms with Gasteiger partial charge in [-0.05, 0) is 49.2 Å². The first kappa shape index (κ1) is 21.9. The molecule has 0 spiro atoms. The molecule has 0 saturated carbocycles. The number of thioether (sulfide) groups is 1. The van der Waals surface area contributed by atoms with E-state index in [-0.39, 0.29) is 12.0 Å². The molecular weight excluding hydrogens is 432 g/mol. The van der Waals surface area contributed by atoms with E-state index in [9.17, 15) is 4.79 Å². The molecule has 1 aliphatic rings. The van der Waals surface area contributed by atoms with Crippen LogP contribution in [0.3, 0.4) is 0 Å². The van der Waals surface area contributed by atoms with E-state index in [0.29, 0.717) is 23.8 Å². The van der Waals surface area contributed by atoms with Gasteiger partial charge in [-0.2, -0.15) is 0 Å². The van der Waals surface area contributed by atoms with E-state index in [2.05, 4.69) is 0 Å². The highest BCUT2D eigenvalue weighted by Crippen LogP contribution is 2.35. The summed E-state index contributed by atoms with van der Waals surface area (Å²) in [5, 5.41) is 0.703. The number of hydrogen-bond acceptors (Lipinski definition) is 7. The summed E-state index contributed by atoms with van der Waals surface area (Å²) in [4.78, 5) is 20.9. The first-order chi connectivity index (χ1) is 15.2. The molecule has 1 aromatic heterocycles. The van der Waals surface area contributed by atoms with Crippen molar-refractivity contribution in [1.82, 2.24) is 4.98 Å². The molecule has 31 heavy (non-hydrogen) atoms. The molecule has 1 atom stereocenters. The smallest absolute Gasteiger partial charge is 0.229 e. The fourth-order valence-corrected chi connectivity index (χ4v) is 5.38. The van der Waals surface area contributed by atoms with Crippen LogP contribution in [-0.2, 0) is 9.53 Å². The van der Waals surface area contributed by atoms with Gasteiger partial charge in [-0.3, -0.25) is 9.69 Å². The number of hydrogen-bond donors (Lipinski definition) is 0. The van der Waals surface area contributed by atoms with Crippen molar-refractivity contribution >= 4 is 44.4 Å². The van der Waals surface area contributed by atoms with Gasteiger partial charge in [0, 0.05) is 23.7 Å². The molecule has 2 aromatic carbocycles. The summed E-state index contributed by atoms with van der Waals surface area (Å²) in [6.45, 7) is 1.29. The predicted octanol–water partition coefficient (Wildman–Crippen LogP) is 5.01. The number of aromatic nitrogens is 1. The number of fused-ring (bicyclic) bond motifs is 1. The highest BCUT2D eigenvalue weighted by atomic mass is 32.2. The molecule has 1 amide bonds. The highest BCUT2D eigenvalue weighted by molar-refractivity contribution is 7.99. The maximum absolute atomic E-state index is 13.2. The molecule has 0 bridgehead atoms. The number of ether oxygens (including phenoxy) is 3. The minimum atomic E-state index is 0.0621. The number of benzene rings is 2. The van der Waals surface area contributed by atoms with Gasteiger partial charge in [-0.15, -0.1) is 11.8 Å². The fraction of sp³-hybridized carbons (Fsp3) is 0.391. The topological polar surface area (TPSA) is 60.9 Å². The molecule has 1 fully saturated rings. The summed E-state index contributed by atoms with van der Waals surface area (Å²) in [7, 11) is 3.29. The molecule has 4 rings (SSSR count). The predicted molar refractivity (Wildman–Crippen MR) is 126 cm³/mol. The van der Waals surface area contributed by atoms with Crippen LogP contribution in [0.2, 0.25) is 0 Å². The maximum Gasteiger partial charge on any atom is 0.229 e. The molecule has 0 aliphatic carbocycles.